The first-order valence-corrected chi connectivity index (χ1v) is 13.2. The molecule has 1 fully saturated rings. The van der Waals surface area contributed by atoms with Crippen LogP contribution in [-0.4, -0.2) is 45.0 Å². The molecule has 11 nitrogen and oxygen atoms in total. The molecule has 1 aliphatic heterocycles. The maximum atomic E-state index is 13.7. The maximum Gasteiger partial charge on any atom is 0.274 e. The number of nitriles is 1. The summed E-state index contributed by atoms with van der Waals surface area (Å²) in [7, 11) is 0. The van der Waals surface area contributed by atoms with E-state index in [4.69, 9.17) is 10.5 Å². The number of benzene rings is 2. The van der Waals surface area contributed by atoms with Crippen LogP contribution in [0, 0.1) is 23.0 Å². The highest BCUT2D eigenvalue weighted by Gasteiger charge is 2.21. The number of nitrogens with zero attached hydrogens (tertiary/aromatic N) is 5. The Morgan fingerprint density at radius 1 is 1.17 bits per heavy atom. The van der Waals surface area contributed by atoms with Gasteiger partial charge in [0.05, 0.1) is 24.1 Å². The summed E-state index contributed by atoms with van der Waals surface area (Å²) >= 11 is 0. The molecule has 5 rings (SSSR count). The minimum absolute atomic E-state index is 0.00304. The Labute approximate surface area is 240 Å². The maximum absolute atomic E-state index is 13.7. The third-order valence-corrected chi connectivity index (χ3v) is 6.66. The van der Waals surface area contributed by atoms with Crippen LogP contribution in [0.2, 0.25) is 0 Å². The average molecular weight is 572 g/mol. The van der Waals surface area contributed by atoms with Gasteiger partial charge in [0.1, 0.15) is 12.2 Å². The van der Waals surface area contributed by atoms with Crippen LogP contribution in [0.25, 0.3) is 11.3 Å². The smallest absolute Gasteiger partial charge is 0.274 e. The minimum atomic E-state index is -1.02. The van der Waals surface area contributed by atoms with Gasteiger partial charge in [0.25, 0.3) is 11.8 Å². The molecule has 42 heavy (non-hydrogen) atoms. The van der Waals surface area contributed by atoms with E-state index >= 15 is 0 Å². The molecular weight excluding hydrogens is 544 g/mol. The molecule has 2 aromatic heterocycles. The fourth-order valence-corrected chi connectivity index (χ4v) is 4.33. The van der Waals surface area contributed by atoms with Gasteiger partial charge in [-0.05, 0) is 43.1 Å². The molecule has 5 N–H and O–H groups in total. The summed E-state index contributed by atoms with van der Waals surface area (Å²) in [6, 6.07) is 12.1. The number of amides is 1. The topological polar surface area (TPSA) is 164 Å². The number of carbonyl (C=O) groups is 1. The van der Waals surface area contributed by atoms with Crippen LogP contribution in [0.5, 0.6) is 5.88 Å². The average Bonchev–Trinajstić information content (AvgIpc) is 3.52. The summed E-state index contributed by atoms with van der Waals surface area (Å²) in [6.45, 7) is 3.51. The summed E-state index contributed by atoms with van der Waals surface area (Å²) in [6.07, 6.45) is 3.70. The van der Waals surface area contributed by atoms with Crippen molar-refractivity contribution in [2.75, 3.05) is 24.1 Å². The van der Waals surface area contributed by atoms with E-state index in [9.17, 15) is 18.8 Å². The summed E-state index contributed by atoms with van der Waals surface area (Å²) in [5, 5.41) is 18.3. The number of hydrogen-bond acceptors (Lipinski definition) is 10. The number of hydrogen-bond donors (Lipinski definition) is 4. The van der Waals surface area contributed by atoms with Crippen molar-refractivity contribution < 1.29 is 18.3 Å². The van der Waals surface area contributed by atoms with Crippen molar-refractivity contribution in [2.45, 2.75) is 32.0 Å². The molecule has 0 unspecified atom stereocenters. The first kappa shape index (κ1) is 28.3. The van der Waals surface area contributed by atoms with Crippen molar-refractivity contribution in [1.29, 1.82) is 5.26 Å². The van der Waals surface area contributed by atoms with E-state index in [-0.39, 0.29) is 35.7 Å². The lowest BCUT2D eigenvalue weighted by atomic mass is 10.1. The number of nitrogens with two attached hydrogens (primary N) is 1. The second-order valence-electron chi connectivity index (χ2n) is 9.66. The molecule has 0 bridgehead atoms. The highest BCUT2D eigenvalue weighted by atomic mass is 19.2. The molecule has 4 aromatic rings. The van der Waals surface area contributed by atoms with Crippen molar-refractivity contribution >= 4 is 17.5 Å². The van der Waals surface area contributed by atoms with E-state index in [1.54, 1.807) is 13.1 Å². The Hall–Kier alpha value is -5.22. The lowest BCUT2D eigenvalue weighted by molar-refractivity contribution is 0.0935. The zero-order valence-electron chi connectivity index (χ0n) is 22.6. The van der Waals surface area contributed by atoms with E-state index in [2.05, 4.69) is 35.9 Å². The number of ether oxygens (including phenoxy) is 1. The fourth-order valence-electron chi connectivity index (χ4n) is 4.33. The minimum Gasteiger partial charge on any atom is -0.470 e. The molecule has 0 spiro atoms. The van der Waals surface area contributed by atoms with E-state index < -0.39 is 23.6 Å². The molecule has 2 atom stereocenters. The standard InChI is InChI=1S/C29H27F2N9O2/c1-16(19-6-7-22(30)23(31)10-19)38-28(41)25-27(37-13-20(11-32)39-25)36-12-17-2-4-18(5-3-17)24-15-35-26(33)29(40-24)42-21-8-9-34-14-21/h2-7,10,13,15-16,21,34H,8-9,12,14H2,1H3,(H2,33,35)(H,36,37)(H,38,41)/t16-,21-/m0/s1. The van der Waals surface area contributed by atoms with Gasteiger partial charge in [-0.3, -0.25) is 4.79 Å². The van der Waals surface area contributed by atoms with E-state index in [1.807, 2.05) is 30.3 Å². The number of aromatic nitrogens is 4. The largest absolute Gasteiger partial charge is 0.470 e. The van der Waals surface area contributed by atoms with Crippen LogP contribution in [0.3, 0.4) is 0 Å². The Bertz CT molecular complexity index is 1640. The number of halogens is 2. The predicted molar refractivity (Wildman–Crippen MR) is 150 cm³/mol. The van der Waals surface area contributed by atoms with Crippen molar-refractivity contribution in [2.24, 2.45) is 0 Å². The lowest BCUT2D eigenvalue weighted by Crippen LogP contribution is -2.29. The molecular formula is C29H27F2N9O2. The number of nitrogen functional groups attached to an aromatic ring is 1. The van der Waals surface area contributed by atoms with Gasteiger partial charge < -0.3 is 26.4 Å². The summed E-state index contributed by atoms with van der Waals surface area (Å²) in [5.74, 6) is -1.96. The normalized spacial score (nSPS) is 15.0. The number of carbonyl (C=O) groups excluding carboxylic acids is 1. The molecule has 1 amide bonds. The van der Waals surface area contributed by atoms with Crippen LogP contribution in [0.1, 0.15) is 46.7 Å². The number of nitrogens with one attached hydrogen (secondary N) is 3. The molecule has 0 radical (unpaired) electrons. The molecule has 3 heterocycles. The molecule has 1 saturated heterocycles. The number of rotatable bonds is 9. The van der Waals surface area contributed by atoms with Gasteiger partial charge in [0, 0.05) is 18.7 Å². The lowest BCUT2D eigenvalue weighted by Gasteiger charge is -2.16. The van der Waals surface area contributed by atoms with Crippen molar-refractivity contribution in [1.82, 2.24) is 30.6 Å². The van der Waals surface area contributed by atoms with Crippen LogP contribution in [-0.2, 0) is 6.54 Å². The van der Waals surface area contributed by atoms with Crippen LogP contribution in [0.4, 0.5) is 20.4 Å². The second kappa shape index (κ2) is 12.5. The molecule has 0 aliphatic carbocycles. The Kier molecular flexibility index (Phi) is 8.44. The molecule has 13 heteroatoms. The number of anilines is 2. The zero-order chi connectivity index (χ0) is 29.6. The van der Waals surface area contributed by atoms with Gasteiger partial charge in [0.15, 0.2) is 34.7 Å². The van der Waals surface area contributed by atoms with Crippen molar-refractivity contribution in [3.8, 4) is 23.2 Å². The third kappa shape index (κ3) is 6.56. The first-order valence-electron chi connectivity index (χ1n) is 13.2. The van der Waals surface area contributed by atoms with Crippen LogP contribution >= 0.6 is 0 Å². The van der Waals surface area contributed by atoms with Gasteiger partial charge in [0.2, 0.25) is 0 Å². The Morgan fingerprint density at radius 3 is 2.69 bits per heavy atom. The summed E-state index contributed by atoms with van der Waals surface area (Å²) in [5.41, 5.74) is 8.46. The van der Waals surface area contributed by atoms with Gasteiger partial charge in [-0.25, -0.2) is 28.7 Å². The fraction of sp³-hybridized carbons (Fsp3) is 0.241. The quantitative estimate of drug-likeness (QED) is 0.234. The second-order valence-corrected chi connectivity index (χ2v) is 9.66. The molecule has 1 aliphatic rings. The molecule has 0 saturated carbocycles. The first-order chi connectivity index (χ1) is 20.3. The summed E-state index contributed by atoms with van der Waals surface area (Å²) in [4.78, 5) is 30.2. The van der Waals surface area contributed by atoms with Crippen molar-refractivity contribution in [3.63, 3.8) is 0 Å². The van der Waals surface area contributed by atoms with Crippen molar-refractivity contribution in [3.05, 3.63) is 89.0 Å². The highest BCUT2D eigenvalue weighted by molar-refractivity contribution is 5.97. The summed E-state index contributed by atoms with van der Waals surface area (Å²) < 4.78 is 32.9. The Balaban J connectivity index is 1.27. The van der Waals surface area contributed by atoms with E-state index in [0.717, 1.165) is 42.8 Å². The predicted octanol–water partition coefficient (Wildman–Crippen LogP) is 3.51. The highest BCUT2D eigenvalue weighted by Crippen LogP contribution is 2.25. The van der Waals surface area contributed by atoms with Gasteiger partial charge in [-0.15, -0.1) is 0 Å². The van der Waals surface area contributed by atoms with Crippen LogP contribution < -0.4 is 26.4 Å². The molecule has 214 valence electrons. The van der Waals surface area contributed by atoms with Gasteiger partial charge in [-0.1, -0.05) is 30.3 Å². The zero-order valence-corrected chi connectivity index (χ0v) is 22.6. The van der Waals surface area contributed by atoms with Crippen LogP contribution in [0.15, 0.2) is 54.9 Å². The van der Waals surface area contributed by atoms with E-state index in [0.29, 0.717) is 17.1 Å². The Morgan fingerprint density at radius 2 is 1.98 bits per heavy atom. The van der Waals surface area contributed by atoms with Gasteiger partial charge >= 0.3 is 0 Å². The monoisotopic (exact) mass is 571 g/mol. The van der Waals surface area contributed by atoms with E-state index in [1.165, 1.54) is 12.3 Å². The SMILES string of the molecule is C[C@H](NC(=O)c1nc(C#N)cnc1NCc1ccc(-c2cnc(N)c(O[C@H]3CCNC3)n2)cc1)c1ccc(F)c(F)c1. The third-order valence-electron chi connectivity index (χ3n) is 6.66. The molecule has 2 aromatic carbocycles. The van der Waals surface area contributed by atoms with Gasteiger partial charge in [-0.2, -0.15) is 5.26 Å².